The summed E-state index contributed by atoms with van der Waals surface area (Å²) in [6.45, 7) is 0. The van der Waals surface area contributed by atoms with Crippen LogP contribution in [0.3, 0.4) is 0 Å². The van der Waals surface area contributed by atoms with Gasteiger partial charge in [0.05, 0.1) is 14.2 Å². The summed E-state index contributed by atoms with van der Waals surface area (Å²) < 4.78 is 9.43. The Labute approximate surface area is 85.3 Å². The van der Waals surface area contributed by atoms with Crippen LogP contribution in [0.15, 0.2) is 0 Å². The van der Waals surface area contributed by atoms with Gasteiger partial charge in [-0.2, -0.15) is 0 Å². The second kappa shape index (κ2) is 4.68. The van der Waals surface area contributed by atoms with Gasteiger partial charge in [-0.15, -0.1) is 0 Å². The van der Waals surface area contributed by atoms with Crippen LogP contribution in [0.25, 0.3) is 0 Å². The van der Waals surface area contributed by atoms with E-state index in [2.05, 4.69) is 0 Å². The second-order valence-electron chi connectivity index (χ2n) is 3.26. The summed E-state index contributed by atoms with van der Waals surface area (Å²) in [5.74, 6) is 1.26. The van der Waals surface area contributed by atoms with Crippen molar-refractivity contribution in [2.24, 2.45) is 0 Å². The fourth-order valence-corrected chi connectivity index (χ4v) is 4.73. The minimum atomic E-state index is -1.98. The highest BCUT2D eigenvalue weighted by Crippen LogP contribution is 2.55. The maximum atomic E-state index is 11.6. The lowest BCUT2D eigenvalue weighted by molar-refractivity contribution is 0.192. The van der Waals surface area contributed by atoms with Crippen LogP contribution in [0.1, 0.15) is 19.3 Å². The lowest BCUT2D eigenvalue weighted by Crippen LogP contribution is -2.29. The lowest BCUT2D eigenvalue weighted by atomic mass is 10.3. The molecule has 1 aliphatic heterocycles. The highest BCUT2D eigenvalue weighted by molar-refractivity contribution is 8.55. The van der Waals surface area contributed by atoms with Crippen molar-refractivity contribution in [2.45, 2.75) is 19.3 Å². The molecule has 0 unspecified atom stereocenters. The maximum Gasteiger partial charge on any atom is 0.359 e. The lowest BCUT2D eigenvalue weighted by Gasteiger charge is -2.36. The van der Waals surface area contributed by atoms with Crippen LogP contribution in [0.4, 0.5) is 9.59 Å². The molecule has 0 aromatic heterocycles. The predicted octanol–water partition coefficient (Wildman–Crippen LogP) is 2.51. The van der Waals surface area contributed by atoms with Gasteiger partial charge in [-0.1, -0.05) is 6.42 Å². The number of methoxy groups -OCH3 is 2. The monoisotopic (exact) mass is 220 g/mol. The van der Waals surface area contributed by atoms with Gasteiger partial charge in [0.2, 0.25) is 0 Å². The molecular weight excluding hydrogens is 204 g/mol. The first-order chi connectivity index (χ1) is 6.67. The molecule has 82 valence electrons. The first-order valence-corrected chi connectivity index (χ1v) is 6.59. The quantitative estimate of drug-likeness (QED) is 0.588. The van der Waals surface area contributed by atoms with Crippen molar-refractivity contribution in [1.82, 2.24) is 0 Å². The first kappa shape index (κ1) is 11.4. The SMILES string of the molecule is COC(=O)S1(C(=O)OC)CCCCC1. The van der Waals surface area contributed by atoms with Crippen LogP contribution in [-0.4, -0.2) is 36.3 Å². The average Bonchev–Trinajstić information content (AvgIpc) is 2.27. The molecule has 0 amide bonds. The molecule has 0 radical (unpaired) electrons. The van der Waals surface area contributed by atoms with E-state index in [9.17, 15) is 9.59 Å². The molecule has 0 aliphatic carbocycles. The summed E-state index contributed by atoms with van der Waals surface area (Å²) in [5.41, 5.74) is 0. The Morgan fingerprint density at radius 1 is 0.929 bits per heavy atom. The third kappa shape index (κ3) is 1.87. The zero-order chi connectivity index (χ0) is 10.6. The molecule has 5 heteroatoms. The van der Waals surface area contributed by atoms with E-state index < -0.39 is 10.0 Å². The van der Waals surface area contributed by atoms with E-state index in [4.69, 9.17) is 9.47 Å². The normalized spacial score (nSPS) is 22.1. The summed E-state index contributed by atoms with van der Waals surface area (Å²) >= 11 is 0. The molecule has 0 atom stereocenters. The van der Waals surface area contributed by atoms with Crippen molar-refractivity contribution in [3.8, 4) is 0 Å². The molecule has 1 aliphatic rings. The van der Waals surface area contributed by atoms with E-state index in [-0.39, 0.29) is 10.6 Å². The number of hydrogen-bond acceptors (Lipinski definition) is 4. The van der Waals surface area contributed by atoms with Gasteiger partial charge in [0.15, 0.2) is 0 Å². The Morgan fingerprint density at radius 2 is 1.36 bits per heavy atom. The van der Waals surface area contributed by atoms with Crippen LogP contribution < -0.4 is 0 Å². The Hall–Kier alpha value is -0.710. The van der Waals surface area contributed by atoms with Crippen molar-refractivity contribution in [3.63, 3.8) is 0 Å². The molecule has 0 aromatic carbocycles. The van der Waals surface area contributed by atoms with Crippen molar-refractivity contribution in [2.75, 3.05) is 25.7 Å². The van der Waals surface area contributed by atoms with Gasteiger partial charge in [-0.25, -0.2) is 9.59 Å². The largest absolute Gasteiger partial charge is 0.462 e. The van der Waals surface area contributed by atoms with Crippen molar-refractivity contribution in [1.29, 1.82) is 0 Å². The molecule has 14 heavy (non-hydrogen) atoms. The Bertz CT molecular complexity index is 215. The Morgan fingerprint density at radius 3 is 1.71 bits per heavy atom. The molecule has 0 bridgehead atoms. The van der Waals surface area contributed by atoms with E-state index in [0.717, 1.165) is 19.3 Å². The van der Waals surface area contributed by atoms with Gasteiger partial charge >= 0.3 is 10.6 Å². The van der Waals surface area contributed by atoms with E-state index >= 15 is 0 Å². The van der Waals surface area contributed by atoms with Crippen LogP contribution in [0, 0.1) is 0 Å². The summed E-state index contributed by atoms with van der Waals surface area (Å²) in [7, 11) is 0.679. The van der Waals surface area contributed by atoms with Crippen LogP contribution in [-0.2, 0) is 9.47 Å². The maximum absolute atomic E-state index is 11.6. The summed E-state index contributed by atoms with van der Waals surface area (Å²) in [4.78, 5) is 23.2. The number of carbonyl (C=O) groups excluding carboxylic acids is 2. The predicted molar refractivity (Wildman–Crippen MR) is 56.0 cm³/mol. The summed E-state index contributed by atoms with van der Waals surface area (Å²) in [5, 5.41) is -0.742. The topological polar surface area (TPSA) is 52.6 Å². The van der Waals surface area contributed by atoms with E-state index in [0.29, 0.717) is 11.5 Å². The number of rotatable bonds is 0. The number of carbonyl (C=O) groups is 2. The van der Waals surface area contributed by atoms with Gasteiger partial charge in [0.1, 0.15) is 0 Å². The summed E-state index contributed by atoms with van der Waals surface area (Å²) in [6, 6.07) is 0. The van der Waals surface area contributed by atoms with Crippen LogP contribution in [0.2, 0.25) is 0 Å². The van der Waals surface area contributed by atoms with Crippen LogP contribution >= 0.6 is 10.0 Å². The molecule has 4 nitrogen and oxygen atoms in total. The third-order valence-electron chi connectivity index (χ3n) is 2.46. The molecule has 0 spiro atoms. The molecule has 1 saturated heterocycles. The molecule has 0 saturated carbocycles. The van der Waals surface area contributed by atoms with E-state index in [1.54, 1.807) is 0 Å². The van der Waals surface area contributed by atoms with Crippen molar-refractivity contribution < 1.29 is 19.1 Å². The molecule has 1 rings (SSSR count). The van der Waals surface area contributed by atoms with Crippen LogP contribution in [0.5, 0.6) is 0 Å². The van der Waals surface area contributed by atoms with Gasteiger partial charge in [0, 0.05) is 0 Å². The number of ether oxygens (including phenoxy) is 2. The smallest absolute Gasteiger partial charge is 0.359 e. The van der Waals surface area contributed by atoms with Gasteiger partial charge in [-0.05, 0) is 34.4 Å². The highest BCUT2D eigenvalue weighted by atomic mass is 32.3. The second-order valence-corrected chi connectivity index (χ2v) is 6.51. The fraction of sp³-hybridized carbons (Fsp3) is 0.778. The molecule has 1 heterocycles. The zero-order valence-corrected chi connectivity index (χ0v) is 9.39. The van der Waals surface area contributed by atoms with Crippen molar-refractivity contribution >= 4 is 20.6 Å². The highest BCUT2D eigenvalue weighted by Gasteiger charge is 2.43. The van der Waals surface area contributed by atoms with Gasteiger partial charge < -0.3 is 9.47 Å². The fourth-order valence-electron chi connectivity index (χ4n) is 1.70. The first-order valence-electron chi connectivity index (χ1n) is 4.62. The number of hydrogen-bond donors (Lipinski definition) is 0. The zero-order valence-electron chi connectivity index (χ0n) is 8.58. The Balaban J connectivity index is 2.87. The Kier molecular flexibility index (Phi) is 3.80. The van der Waals surface area contributed by atoms with E-state index in [1.807, 2.05) is 0 Å². The molecular formula is C9H16O4S. The summed E-state index contributed by atoms with van der Waals surface area (Å²) in [6.07, 6.45) is 2.92. The minimum absolute atomic E-state index is 0.371. The molecule has 0 N–H and O–H groups in total. The van der Waals surface area contributed by atoms with E-state index in [1.165, 1.54) is 14.2 Å². The molecule has 0 aromatic rings. The standard InChI is InChI=1S/C9H16O4S/c1-12-8(10)14(9(11)13-2)6-4-3-5-7-14/h3-7H2,1-2H3. The third-order valence-corrected chi connectivity index (χ3v) is 6.04. The van der Waals surface area contributed by atoms with Gasteiger partial charge in [0.25, 0.3) is 0 Å². The minimum Gasteiger partial charge on any atom is -0.462 e. The van der Waals surface area contributed by atoms with Crippen molar-refractivity contribution in [3.05, 3.63) is 0 Å². The average molecular weight is 220 g/mol. The molecule has 1 fully saturated rings. The van der Waals surface area contributed by atoms with Gasteiger partial charge in [-0.3, -0.25) is 0 Å².